The fourth-order valence-electron chi connectivity index (χ4n) is 3.68. The third-order valence-corrected chi connectivity index (χ3v) is 5.75. The minimum absolute atomic E-state index is 0.113. The van der Waals surface area contributed by atoms with E-state index in [1.807, 2.05) is 19.1 Å². The van der Waals surface area contributed by atoms with Crippen molar-refractivity contribution in [3.63, 3.8) is 0 Å². The highest BCUT2D eigenvalue weighted by Crippen LogP contribution is 2.30. The molecule has 7 nitrogen and oxygen atoms in total. The second-order valence-electron chi connectivity index (χ2n) is 7.12. The van der Waals surface area contributed by atoms with Crippen molar-refractivity contribution >= 4 is 33.5 Å². The van der Waals surface area contributed by atoms with E-state index in [1.165, 1.54) is 0 Å². The standard InChI is InChI=1S/C21H22BrN3O4/c1-13-18-16(23-24-20(26)14-5-7-15(22)8-6-14)3-2-4-17(18)29-19(13)21(27)25-9-11-28-12-10-25/h5-8H,2-4,9-12H2,1H3,(H,24,26)/b23-16+. The van der Waals surface area contributed by atoms with Crippen molar-refractivity contribution in [2.24, 2.45) is 5.10 Å². The number of rotatable bonds is 3. The number of hydrogen-bond acceptors (Lipinski definition) is 5. The topological polar surface area (TPSA) is 84.1 Å². The first-order valence-electron chi connectivity index (χ1n) is 9.66. The summed E-state index contributed by atoms with van der Waals surface area (Å²) < 4.78 is 12.2. The van der Waals surface area contributed by atoms with Crippen molar-refractivity contribution in [3.8, 4) is 0 Å². The molecule has 0 bridgehead atoms. The van der Waals surface area contributed by atoms with Gasteiger partial charge >= 0.3 is 0 Å². The zero-order valence-electron chi connectivity index (χ0n) is 16.2. The molecule has 2 heterocycles. The molecule has 2 aliphatic rings. The van der Waals surface area contributed by atoms with Crippen molar-refractivity contribution in [3.05, 3.63) is 56.9 Å². The van der Waals surface area contributed by atoms with Crippen LogP contribution in [0.2, 0.25) is 0 Å². The third kappa shape index (κ3) is 4.13. The fraction of sp³-hybridized carbons (Fsp3) is 0.381. The first-order valence-corrected chi connectivity index (χ1v) is 10.5. The van der Waals surface area contributed by atoms with Crippen molar-refractivity contribution in [2.75, 3.05) is 26.3 Å². The minimum Gasteiger partial charge on any atom is -0.455 e. The molecule has 2 aromatic rings. The Morgan fingerprint density at radius 1 is 1.14 bits per heavy atom. The van der Waals surface area contributed by atoms with Crippen molar-refractivity contribution in [2.45, 2.75) is 26.2 Å². The van der Waals surface area contributed by atoms with Crippen LogP contribution in [-0.4, -0.2) is 48.7 Å². The SMILES string of the molecule is Cc1c(C(=O)N2CCOCC2)oc2c1/C(=N/NC(=O)c1ccc(Br)cc1)CCC2. The Kier molecular flexibility index (Phi) is 5.82. The number of hydrazone groups is 1. The van der Waals surface area contributed by atoms with Gasteiger partial charge in [0.2, 0.25) is 0 Å². The lowest BCUT2D eigenvalue weighted by atomic mass is 9.93. The Morgan fingerprint density at radius 3 is 2.59 bits per heavy atom. The fourth-order valence-corrected chi connectivity index (χ4v) is 3.94. The molecule has 1 fully saturated rings. The largest absolute Gasteiger partial charge is 0.455 e. The first-order chi connectivity index (χ1) is 14.0. The summed E-state index contributed by atoms with van der Waals surface area (Å²) in [5.74, 6) is 0.745. The lowest BCUT2D eigenvalue weighted by Crippen LogP contribution is -2.40. The Hall–Kier alpha value is -2.45. The number of ether oxygens (including phenoxy) is 1. The number of nitrogens with zero attached hydrogens (tertiary/aromatic N) is 2. The van der Waals surface area contributed by atoms with E-state index in [1.54, 1.807) is 17.0 Å². The zero-order valence-corrected chi connectivity index (χ0v) is 17.8. The predicted molar refractivity (Wildman–Crippen MR) is 111 cm³/mol. The molecule has 0 unspecified atom stereocenters. The lowest BCUT2D eigenvalue weighted by molar-refractivity contribution is 0.0281. The van der Waals surface area contributed by atoms with Crippen LogP contribution in [0.1, 0.15) is 50.6 Å². The number of nitrogens with one attached hydrogen (secondary N) is 1. The van der Waals surface area contributed by atoms with Gasteiger partial charge in [0.05, 0.1) is 18.9 Å². The maximum absolute atomic E-state index is 12.9. The van der Waals surface area contributed by atoms with Gasteiger partial charge in [0.25, 0.3) is 11.8 Å². The summed E-state index contributed by atoms with van der Waals surface area (Å²) in [6, 6.07) is 7.08. The number of fused-ring (bicyclic) bond motifs is 1. The van der Waals surface area contributed by atoms with Gasteiger partial charge in [-0.05, 0) is 44.0 Å². The zero-order chi connectivity index (χ0) is 20.4. The Bertz CT molecular complexity index is 959. The van der Waals surface area contributed by atoms with Gasteiger partial charge in [-0.2, -0.15) is 5.10 Å². The molecule has 1 aliphatic heterocycles. The monoisotopic (exact) mass is 459 g/mol. The van der Waals surface area contributed by atoms with E-state index in [0.717, 1.165) is 46.3 Å². The van der Waals surface area contributed by atoms with E-state index < -0.39 is 0 Å². The van der Waals surface area contributed by atoms with Crippen LogP contribution >= 0.6 is 15.9 Å². The number of halogens is 1. The molecule has 0 atom stereocenters. The molecule has 1 aliphatic carbocycles. The summed E-state index contributed by atoms with van der Waals surface area (Å²) in [6.45, 7) is 4.09. The summed E-state index contributed by atoms with van der Waals surface area (Å²) in [5, 5.41) is 4.37. The van der Waals surface area contributed by atoms with Crippen molar-refractivity contribution in [1.82, 2.24) is 10.3 Å². The number of aryl methyl sites for hydroxylation is 1. The predicted octanol–water partition coefficient (Wildman–Crippen LogP) is 3.29. The summed E-state index contributed by atoms with van der Waals surface area (Å²) in [4.78, 5) is 27.0. The lowest BCUT2D eigenvalue weighted by Gasteiger charge is -2.26. The number of morpholine rings is 1. The first kappa shape index (κ1) is 19.8. The molecule has 0 spiro atoms. The number of carbonyl (C=O) groups is 2. The van der Waals surface area contributed by atoms with Crippen LogP contribution in [0.5, 0.6) is 0 Å². The van der Waals surface area contributed by atoms with Crippen molar-refractivity contribution < 1.29 is 18.7 Å². The molecule has 0 saturated carbocycles. The Labute approximate surface area is 177 Å². The van der Waals surface area contributed by atoms with Crippen LogP contribution in [-0.2, 0) is 11.2 Å². The van der Waals surface area contributed by atoms with Gasteiger partial charge in [0.15, 0.2) is 5.76 Å². The smallest absolute Gasteiger partial charge is 0.290 e. The molecule has 1 aromatic carbocycles. The molecule has 8 heteroatoms. The molecular weight excluding hydrogens is 438 g/mol. The molecule has 1 saturated heterocycles. The molecular formula is C21H22BrN3O4. The van der Waals surface area contributed by atoms with Gasteiger partial charge in [0.1, 0.15) is 5.76 Å². The summed E-state index contributed by atoms with van der Waals surface area (Å²) in [5.41, 5.74) is 5.55. The normalized spacial score (nSPS) is 17.9. The van der Waals surface area contributed by atoms with Gasteiger partial charge in [0, 0.05) is 40.7 Å². The van der Waals surface area contributed by atoms with Crippen LogP contribution in [0, 0.1) is 6.92 Å². The highest BCUT2D eigenvalue weighted by atomic mass is 79.9. The van der Waals surface area contributed by atoms with Crippen LogP contribution in [0.25, 0.3) is 0 Å². The molecule has 2 amide bonds. The molecule has 1 N–H and O–H groups in total. The molecule has 152 valence electrons. The highest BCUT2D eigenvalue weighted by Gasteiger charge is 2.30. The van der Waals surface area contributed by atoms with Gasteiger partial charge in [-0.3, -0.25) is 9.59 Å². The van der Waals surface area contributed by atoms with Crippen LogP contribution in [0.4, 0.5) is 0 Å². The quantitative estimate of drug-likeness (QED) is 0.713. The van der Waals surface area contributed by atoms with Crippen LogP contribution in [0.3, 0.4) is 0 Å². The number of carbonyl (C=O) groups excluding carboxylic acids is 2. The Morgan fingerprint density at radius 2 is 1.86 bits per heavy atom. The van der Waals surface area contributed by atoms with Gasteiger partial charge < -0.3 is 14.1 Å². The van der Waals surface area contributed by atoms with Crippen molar-refractivity contribution in [1.29, 1.82) is 0 Å². The van der Waals surface area contributed by atoms with E-state index in [9.17, 15) is 9.59 Å². The van der Waals surface area contributed by atoms with Gasteiger partial charge in [-0.15, -0.1) is 0 Å². The summed E-state index contributed by atoms with van der Waals surface area (Å²) in [6.07, 6.45) is 2.34. The number of amides is 2. The number of benzene rings is 1. The molecule has 0 radical (unpaired) electrons. The van der Waals surface area contributed by atoms with Crippen LogP contribution in [0.15, 0.2) is 38.3 Å². The highest BCUT2D eigenvalue weighted by molar-refractivity contribution is 9.10. The average Bonchev–Trinajstić information content (AvgIpc) is 3.10. The van der Waals surface area contributed by atoms with Gasteiger partial charge in [-0.1, -0.05) is 15.9 Å². The second-order valence-corrected chi connectivity index (χ2v) is 8.03. The van der Waals surface area contributed by atoms with E-state index >= 15 is 0 Å². The maximum Gasteiger partial charge on any atom is 0.290 e. The minimum atomic E-state index is -0.275. The molecule has 1 aromatic heterocycles. The van der Waals surface area contributed by atoms with Gasteiger partial charge in [-0.25, -0.2) is 5.43 Å². The van der Waals surface area contributed by atoms with E-state index in [-0.39, 0.29) is 11.8 Å². The van der Waals surface area contributed by atoms with E-state index in [2.05, 4.69) is 26.5 Å². The van der Waals surface area contributed by atoms with E-state index in [0.29, 0.717) is 37.6 Å². The molecule has 29 heavy (non-hydrogen) atoms. The van der Waals surface area contributed by atoms with E-state index in [4.69, 9.17) is 9.15 Å². The summed E-state index contributed by atoms with van der Waals surface area (Å²) >= 11 is 3.36. The third-order valence-electron chi connectivity index (χ3n) is 5.22. The Balaban J connectivity index is 1.56. The molecule has 4 rings (SSSR count). The number of furan rings is 1. The summed E-state index contributed by atoms with van der Waals surface area (Å²) in [7, 11) is 0. The maximum atomic E-state index is 12.9. The number of hydrogen-bond donors (Lipinski definition) is 1. The second kappa shape index (κ2) is 8.51. The average molecular weight is 460 g/mol. The van der Waals surface area contributed by atoms with Crippen LogP contribution < -0.4 is 5.43 Å².